The van der Waals surface area contributed by atoms with Gasteiger partial charge < -0.3 is 0 Å². The van der Waals surface area contributed by atoms with Crippen LogP contribution in [0.2, 0.25) is 5.82 Å². The van der Waals surface area contributed by atoms with E-state index in [2.05, 4.69) is 4.99 Å². The van der Waals surface area contributed by atoms with Gasteiger partial charge in [0.25, 0.3) is 0 Å². The van der Waals surface area contributed by atoms with Crippen molar-refractivity contribution >= 4 is 41.7 Å². The van der Waals surface area contributed by atoms with Crippen LogP contribution in [-0.2, 0) is 14.6 Å². The van der Waals surface area contributed by atoms with Gasteiger partial charge in [-0.2, -0.15) is 0 Å². The van der Waals surface area contributed by atoms with Gasteiger partial charge in [-0.05, 0) is 0 Å². The molecular weight excluding hydrogens is 347 g/mol. The van der Waals surface area contributed by atoms with Crippen LogP contribution in [-0.4, -0.2) is 40.8 Å². The molecule has 0 radical (unpaired) electrons. The number of sulfone groups is 1. The Bertz CT molecular complexity index is 710. The standard InChI is InChI=1S/C12H12N2O4SSe/c1-20-11(13)14-12(15)18-7-9-6-8-4-2-3-5-10(8)19(9,16)17/h2-6H,7H2,1H3,(H2,13,14,15). The Morgan fingerprint density at radius 2 is 2.10 bits per heavy atom. The number of carbonyl (C=O) groups is 1. The zero-order valence-corrected chi connectivity index (χ0v) is 13.1. The molecule has 1 aliphatic heterocycles. The van der Waals surface area contributed by atoms with Crippen LogP contribution in [0.15, 0.2) is 39.1 Å². The predicted molar refractivity (Wildman–Crippen MR) is 76.2 cm³/mol. The SMILES string of the molecule is C[Se]/C(N)=N/C(=O)OCC1=Cc2ccccc2S1(=O)=O. The van der Waals surface area contributed by atoms with Crippen molar-refractivity contribution in [1.29, 1.82) is 0 Å². The van der Waals surface area contributed by atoms with E-state index in [-0.39, 0.29) is 36.1 Å². The average Bonchev–Trinajstić information content (AvgIpc) is 2.68. The number of aliphatic imine (C=N–C) groups is 1. The molecule has 20 heavy (non-hydrogen) atoms. The van der Waals surface area contributed by atoms with Gasteiger partial charge in [-0.25, -0.2) is 0 Å². The summed E-state index contributed by atoms with van der Waals surface area (Å²) in [6.45, 7) is -0.344. The Balaban J connectivity index is 2.12. The van der Waals surface area contributed by atoms with Crippen molar-refractivity contribution in [2.45, 2.75) is 10.7 Å². The molecule has 1 heterocycles. The number of fused-ring (bicyclic) bond motifs is 1. The van der Waals surface area contributed by atoms with E-state index in [0.29, 0.717) is 5.56 Å². The Morgan fingerprint density at radius 3 is 2.75 bits per heavy atom. The molecule has 0 saturated carbocycles. The molecular formula is C12H12N2O4SSe. The molecule has 0 saturated heterocycles. The number of rotatable bonds is 3. The molecule has 2 rings (SSSR count). The fourth-order valence-corrected chi connectivity index (χ4v) is 3.48. The van der Waals surface area contributed by atoms with Crippen LogP contribution < -0.4 is 5.73 Å². The van der Waals surface area contributed by atoms with Gasteiger partial charge in [0.2, 0.25) is 0 Å². The maximum absolute atomic E-state index is 12.2. The summed E-state index contributed by atoms with van der Waals surface area (Å²) in [4.78, 5) is 15.1. The Morgan fingerprint density at radius 1 is 1.40 bits per heavy atom. The molecule has 1 aliphatic rings. The molecule has 0 spiro atoms. The summed E-state index contributed by atoms with van der Waals surface area (Å²) >= 11 is -0.0893. The van der Waals surface area contributed by atoms with Gasteiger partial charge in [-0.3, -0.25) is 0 Å². The van der Waals surface area contributed by atoms with E-state index in [1.54, 1.807) is 24.0 Å². The molecule has 2 N–H and O–H groups in total. The second kappa shape index (κ2) is 5.78. The predicted octanol–water partition coefficient (Wildman–Crippen LogP) is 1.02. The van der Waals surface area contributed by atoms with Crippen LogP contribution in [0.5, 0.6) is 0 Å². The number of ether oxygens (including phenoxy) is 1. The number of nitrogens with zero attached hydrogens (tertiary/aromatic N) is 1. The average molecular weight is 359 g/mol. The molecule has 0 unspecified atom stereocenters. The van der Waals surface area contributed by atoms with Crippen LogP contribution >= 0.6 is 0 Å². The molecule has 0 atom stereocenters. The monoisotopic (exact) mass is 360 g/mol. The van der Waals surface area contributed by atoms with Crippen LogP contribution in [0, 0.1) is 0 Å². The molecule has 1 amide bonds. The third kappa shape index (κ3) is 2.92. The van der Waals surface area contributed by atoms with E-state index in [1.807, 2.05) is 0 Å². The van der Waals surface area contributed by atoms with Gasteiger partial charge in [0.1, 0.15) is 0 Å². The second-order valence-corrected chi connectivity index (χ2v) is 7.57. The zero-order valence-electron chi connectivity index (χ0n) is 10.6. The summed E-state index contributed by atoms with van der Waals surface area (Å²) in [6.07, 6.45) is 0.618. The Labute approximate surface area is 122 Å². The molecule has 0 bridgehead atoms. The second-order valence-electron chi connectivity index (χ2n) is 3.86. The normalized spacial score (nSPS) is 16.4. The van der Waals surface area contributed by atoms with Crippen LogP contribution in [0.4, 0.5) is 4.79 Å². The fourth-order valence-electron chi connectivity index (χ4n) is 1.66. The first-order chi connectivity index (χ1) is 9.45. The first-order valence-electron chi connectivity index (χ1n) is 5.55. The molecule has 0 aromatic heterocycles. The summed E-state index contributed by atoms with van der Waals surface area (Å²) in [5.41, 5.74) is 6.02. The van der Waals surface area contributed by atoms with Gasteiger partial charge in [-0.1, -0.05) is 0 Å². The molecule has 6 nitrogen and oxygen atoms in total. The van der Waals surface area contributed by atoms with Crippen molar-refractivity contribution in [3.05, 3.63) is 34.7 Å². The number of nitrogens with two attached hydrogens (primary N) is 1. The number of carbonyl (C=O) groups excluding carboxylic acids is 1. The molecule has 1 aromatic rings. The van der Waals surface area contributed by atoms with Gasteiger partial charge >= 0.3 is 122 Å². The third-order valence-electron chi connectivity index (χ3n) is 2.62. The number of hydrogen-bond acceptors (Lipinski definition) is 4. The number of amides is 1. The van der Waals surface area contributed by atoms with Crippen LogP contribution in [0.3, 0.4) is 0 Å². The fraction of sp³-hybridized carbons (Fsp3) is 0.167. The first-order valence-corrected chi connectivity index (χ1v) is 9.60. The van der Waals surface area contributed by atoms with Crippen molar-refractivity contribution in [2.24, 2.45) is 10.7 Å². The summed E-state index contributed by atoms with van der Waals surface area (Å²) < 4.78 is 29.3. The Kier molecular flexibility index (Phi) is 4.27. The van der Waals surface area contributed by atoms with Crippen molar-refractivity contribution in [2.75, 3.05) is 6.61 Å². The summed E-state index contributed by atoms with van der Waals surface area (Å²) in [5.74, 6) is 1.81. The molecule has 106 valence electrons. The molecule has 8 heteroatoms. The quantitative estimate of drug-likeness (QED) is 0.494. The van der Waals surface area contributed by atoms with Crippen LogP contribution in [0.1, 0.15) is 5.56 Å². The van der Waals surface area contributed by atoms with Crippen molar-refractivity contribution in [3.8, 4) is 0 Å². The number of hydrogen-bond donors (Lipinski definition) is 1. The Hall–Kier alpha value is -1.63. The first kappa shape index (κ1) is 14.8. The van der Waals surface area contributed by atoms with Crippen molar-refractivity contribution in [1.82, 2.24) is 0 Å². The summed E-state index contributed by atoms with van der Waals surface area (Å²) in [6, 6.07) is 6.60. The van der Waals surface area contributed by atoms with E-state index < -0.39 is 15.9 Å². The minimum absolute atomic E-state index is 0.0443. The molecule has 1 aromatic carbocycles. The summed E-state index contributed by atoms with van der Waals surface area (Å²) in [7, 11) is -3.57. The van der Waals surface area contributed by atoms with Gasteiger partial charge in [-0.15, -0.1) is 0 Å². The van der Waals surface area contributed by atoms with E-state index in [1.165, 1.54) is 12.1 Å². The topological polar surface area (TPSA) is 98.8 Å². The molecule has 0 aliphatic carbocycles. The van der Waals surface area contributed by atoms with Gasteiger partial charge in [0.15, 0.2) is 0 Å². The van der Waals surface area contributed by atoms with E-state index in [4.69, 9.17) is 10.5 Å². The summed E-state index contributed by atoms with van der Waals surface area (Å²) in [5, 5.41) is 0. The van der Waals surface area contributed by atoms with E-state index in [9.17, 15) is 13.2 Å². The zero-order chi connectivity index (χ0) is 14.8. The van der Waals surface area contributed by atoms with Crippen LogP contribution in [0.25, 0.3) is 6.08 Å². The number of amidine groups is 1. The minimum atomic E-state index is -3.57. The van der Waals surface area contributed by atoms with Gasteiger partial charge in [0, 0.05) is 0 Å². The third-order valence-corrected chi connectivity index (χ3v) is 5.56. The maximum atomic E-state index is 12.2. The van der Waals surface area contributed by atoms with E-state index >= 15 is 0 Å². The van der Waals surface area contributed by atoms with Crippen molar-refractivity contribution in [3.63, 3.8) is 0 Å². The molecule has 0 fully saturated rings. The van der Waals surface area contributed by atoms with Gasteiger partial charge in [0.05, 0.1) is 0 Å². The number of benzene rings is 1. The van der Waals surface area contributed by atoms with E-state index in [0.717, 1.165) is 0 Å². The van der Waals surface area contributed by atoms with Crippen molar-refractivity contribution < 1.29 is 17.9 Å².